The number of hydrogen-bond donors (Lipinski definition) is 2. The molecule has 1 aromatic carbocycles. The van der Waals surface area contributed by atoms with Crippen molar-refractivity contribution >= 4 is 35.6 Å². The lowest BCUT2D eigenvalue weighted by Crippen LogP contribution is -2.41. The normalized spacial score (nSPS) is 20.5. The summed E-state index contributed by atoms with van der Waals surface area (Å²) in [6.45, 7) is 7.21. The molecule has 0 amide bonds. The first-order valence-corrected chi connectivity index (χ1v) is 10.4. The molecular weight excluding hydrogens is 486 g/mol. The first-order chi connectivity index (χ1) is 13.6. The van der Waals surface area contributed by atoms with Crippen molar-refractivity contribution in [3.8, 4) is 0 Å². The number of benzene rings is 1. The zero-order valence-corrected chi connectivity index (χ0v) is 19.8. The number of aliphatic hydroxyl groups excluding tert-OH is 1. The Morgan fingerprint density at radius 2 is 2.10 bits per heavy atom. The van der Waals surface area contributed by atoms with Crippen LogP contribution in [0.5, 0.6) is 0 Å². The zero-order chi connectivity index (χ0) is 19.9. The van der Waals surface area contributed by atoms with Crippen molar-refractivity contribution < 1.29 is 14.2 Å². The van der Waals surface area contributed by atoms with Crippen LogP contribution in [0.2, 0.25) is 0 Å². The lowest BCUT2D eigenvalue weighted by Gasteiger charge is -2.31. The van der Waals surface area contributed by atoms with E-state index < -0.39 is 0 Å². The first-order valence-electron chi connectivity index (χ1n) is 10.4. The standard InChI is InChI=1S/C21H33FN4O2.HI/c1-3-23-21(25(2)14-17-8-11-28-15-17)24-13-16-4-5-20(19(22)12-16)26-9-6-18(27)7-10-26;/h4-5,12,17-18,27H,3,6-11,13-15H2,1-2H3,(H,23,24);1H. The Hall–Kier alpha value is -1.13. The summed E-state index contributed by atoms with van der Waals surface area (Å²) in [4.78, 5) is 8.84. The Morgan fingerprint density at radius 3 is 2.72 bits per heavy atom. The molecule has 0 spiro atoms. The van der Waals surface area contributed by atoms with Gasteiger partial charge in [0.15, 0.2) is 5.96 Å². The number of rotatable bonds is 6. The lowest BCUT2D eigenvalue weighted by atomic mass is 10.1. The highest BCUT2D eigenvalue weighted by Crippen LogP contribution is 2.24. The van der Waals surface area contributed by atoms with Crippen molar-refractivity contribution in [2.45, 2.75) is 38.8 Å². The average molecular weight is 520 g/mol. The molecule has 3 rings (SSSR count). The molecule has 0 aliphatic carbocycles. The predicted molar refractivity (Wildman–Crippen MR) is 126 cm³/mol. The van der Waals surface area contributed by atoms with E-state index in [-0.39, 0.29) is 35.9 Å². The highest BCUT2D eigenvalue weighted by atomic mass is 127. The van der Waals surface area contributed by atoms with E-state index in [4.69, 9.17) is 9.73 Å². The van der Waals surface area contributed by atoms with Crippen molar-refractivity contribution in [1.29, 1.82) is 0 Å². The highest BCUT2D eigenvalue weighted by molar-refractivity contribution is 14.0. The van der Waals surface area contributed by atoms with Gasteiger partial charge in [-0.2, -0.15) is 0 Å². The summed E-state index contributed by atoms with van der Waals surface area (Å²) in [7, 11) is 2.04. The van der Waals surface area contributed by atoms with Gasteiger partial charge in [-0.25, -0.2) is 9.38 Å². The number of nitrogens with one attached hydrogen (secondary N) is 1. The van der Waals surface area contributed by atoms with E-state index in [1.165, 1.54) is 0 Å². The Kier molecular flexibility index (Phi) is 9.91. The van der Waals surface area contributed by atoms with Crippen molar-refractivity contribution in [3.63, 3.8) is 0 Å². The minimum Gasteiger partial charge on any atom is -0.393 e. The molecule has 1 atom stereocenters. The minimum absolute atomic E-state index is 0. The fraction of sp³-hybridized carbons (Fsp3) is 0.667. The molecule has 1 aromatic rings. The van der Waals surface area contributed by atoms with Gasteiger partial charge in [0.1, 0.15) is 5.82 Å². The predicted octanol–water partition coefficient (Wildman–Crippen LogP) is 2.84. The lowest BCUT2D eigenvalue weighted by molar-refractivity contribution is 0.145. The molecule has 6 nitrogen and oxygen atoms in total. The van der Waals surface area contributed by atoms with Crippen LogP contribution in [0.4, 0.5) is 10.1 Å². The van der Waals surface area contributed by atoms with Crippen molar-refractivity contribution in [1.82, 2.24) is 10.2 Å². The molecule has 2 aliphatic rings. The topological polar surface area (TPSA) is 60.3 Å². The molecule has 2 N–H and O–H groups in total. The summed E-state index contributed by atoms with van der Waals surface area (Å²) in [5.41, 5.74) is 1.47. The largest absolute Gasteiger partial charge is 0.393 e. The monoisotopic (exact) mass is 520 g/mol. The molecular formula is C21H34FIN4O2. The van der Waals surface area contributed by atoms with Crippen molar-refractivity contribution in [3.05, 3.63) is 29.6 Å². The number of anilines is 1. The van der Waals surface area contributed by atoms with Crippen LogP contribution < -0.4 is 10.2 Å². The Morgan fingerprint density at radius 1 is 1.34 bits per heavy atom. The molecule has 164 valence electrons. The molecule has 0 bridgehead atoms. The summed E-state index contributed by atoms with van der Waals surface area (Å²) < 4.78 is 20.1. The Labute approximate surface area is 190 Å². The molecule has 0 radical (unpaired) electrons. The van der Waals surface area contributed by atoms with Crippen LogP contribution in [0.15, 0.2) is 23.2 Å². The van der Waals surface area contributed by atoms with Gasteiger partial charge < -0.3 is 25.0 Å². The molecule has 2 aliphatic heterocycles. The van der Waals surface area contributed by atoms with Gasteiger partial charge in [-0.3, -0.25) is 0 Å². The van der Waals surface area contributed by atoms with E-state index >= 15 is 0 Å². The van der Waals surface area contributed by atoms with Gasteiger partial charge in [0.05, 0.1) is 24.9 Å². The molecule has 0 saturated carbocycles. The third-order valence-corrected chi connectivity index (χ3v) is 5.48. The summed E-state index contributed by atoms with van der Waals surface area (Å²) in [6, 6.07) is 5.37. The van der Waals surface area contributed by atoms with Gasteiger partial charge in [0, 0.05) is 45.8 Å². The number of halogens is 2. The maximum atomic E-state index is 14.6. The van der Waals surface area contributed by atoms with Gasteiger partial charge in [-0.05, 0) is 43.9 Å². The molecule has 0 aromatic heterocycles. The van der Waals surface area contributed by atoms with E-state index in [9.17, 15) is 9.50 Å². The second-order valence-electron chi connectivity index (χ2n) is 7.78. The maximum Gasteiger partial charge on any atom is 0.193 e. The number of ether oxygens (including phenoxy) is 1. The van der Waals surface area contributed by atoms with Crippen molar-refractivity contribution in [2.75, 3.05) is 51.3 Å². The Balaban J connectivity index is 0.00000300. The van der Waals surface area contributed by atoms with Gasteiger partial charge in [0.2, 0.25) is 0 Å². The molecule has 29 heavy (non-hydrogen) atoms. The molecule has 8 heteroatoms. The van der Waals surface area contributed by atoms with E-state index in [2.05, 4.69) is 10.2 Å². The summed E-state index contributed by atoms with van der Waals surface area (Å²) in [5, 5.41) is 13.0. The summed E-state index contributed by atoms with van der Waals surface area (Å²) >= 11 is 0. The number of piperidine rings is 1. The summed E-state index contributed by atoms with van der Waals surface area (Å²) in [5.74, 6) is 1.16. The van der Waals surface area contributed by atoms with Crippen LogP contribution in [0.3, 0.4) is 0 Å². The van der Waals surface area contributed by atoms with Crippen LogP contribution >= 0.6 is 24.0 Å². The fourth-order valence-corrected chi connectivity index (χ4v) is 3.85. The number of guanidine groups is 1. The maximum absolute atomic E-state index is 14.6. The first kappa shape index (κ1) is 24.1. The van der Waals surface area contributed by atoms with Gasteiger partial charge in [-0.1, -0.05) is 6.07 Å². The number of aliphatic hydroxyl groups is 1. The van der Waals surface area contributed by atoms with Crippen LogP contribution in [-0.4, -0.2) is 68.5 Å². The van der Waals surface area contributed by atoms with E-state index in [1.54, 1.807) is 6.07 Å². The molecule has 2 heterocycles. The molecule has 2 saturated heterocycles. The van der Waals surface area contributed by atoms with Crippen LogP contribution in [0, 0.1) is 11.7 Å². The molecule has 2 fully saturated rings. The quantitative estimate of drug-likeness (QED) is 0.343. The van der Waals surface area contributed by atoms with Crippen molar-refractivity contribution in [2.24, 2.45) is 10.9 Å². The number of hydrogen-bond acceptors (Lipinski definition) is 4. The van der Waals surface area contributed by atoms with Crippen LogP contribution in [0.1, 0.15) is 31.7 Å². The fourth-order valence-electron chi connectivity index (χ4n) is 3.85. The zero-order valence-electron chi connectivity index (χ0n) is 17.4. The third-order valence-electron chi connectivity index (χ3n) is 5.48. The average Bonchev–Trinajstić information content (AvgIpc) is 3.19. The molecule has 1 unspecified atom stereocenters. The van der Waals surface area contributed by atoms with Crippen LogP contribution in [0.25, 0.3) is 0 Å². The van der Waals surface area contributed by atoms with Gasteiger partial charge >= 0.3 is 0 Å². The second-order valence-corrected chi connectivity index (χ2v) is 7.78. The smallest absolute Gasteiger partial charge is 0.193 e. The van der Waals surface area contributed by atoms with E-state index in [0.29, 0.717) is 44.1 Å². The second kappa shape index (κ2) is 11.9. The Bertz CT molecular complexity index is 662. The van der Waals surface area contributed by atoms with E-state index in [0.717, 1.165) is 44.2 Å². The highest BCUT2D eigenvalue weighted by Gasteiger charge is 2.20. The van der Waals surface area contributed by atoms with Crippen LogP contribution in [-0.2, 0) is 11.3 Å². The number of nitrogens with zero attached hydrogens (tertiary/aromatic N) is 3. The van der Waals surface area contributed by atoms with Gasteiger partial charge in [-0.15, -0.1) is 24.0 Å². The number of aliphatic imine (C=N–C) groups is 1. The van der Waals surface area contributed by atoms with Gasteiger partial charge in [0.25, 0.3) is 0 Å². The minimum atomic E-state index is -0.259. The van der Waals surface area contributed by atoms with E-state index in [1.807, 2.05) is 31.0 Å². The third kappa shape index (κ3) is 6.96. The SMILES string of the molecule is CCNC(=NCc1ccc(N2CCC(O)CC2)c(F)c1)N(C)CC1CCOC1.I. The summed E-state index contributed by atoms with van der Waals surface area (Å²) in [6.07, 6.45) is 2.21.